The molecule has 0 unspecified atom stereocenters. The zero-order valence-electron chi connectivity index (χ0n) is 18.3. The number of benzene rings is 2. The number of aliphatic carboxylic acids is 1. The predicted octanol–water partition coefficient (Wildman–Crippen LogP) is 4.29. The lowest BCUT2D eigenvalue weighted by Gasteiger charge is -2.08. The second kappa shape index (κ2) is 11.7. The molecule has 5 N–H and O–H groups in total. The number of aromatic amines is 1. The number of nitrogens with one attached hydrogen (secondary N) is 2. The van der Waals surface area contributed by atoms with E-state index in [1.165, 1.54) is 0 Å². The lowest BCUT2D eigenvalue weighted by Crippen LogP contribution is -2.21. The van der Waals surface area contributed by atoms with Gasteiger partial charge in [-0.1, -0.05) is 48.5 Å². The lowest BCUT2D eigenvalue weighted by molar-refractivity contribution is -0.192. The largest absolute Gasteiger partial charge is 0.490 e. The van der Waals surface area contributed by atoms with Crippen molar-refractivity contribution in [2.24, 2.45) is 5.73 Å². The Balaban J connectivity index is 0.000000509. The Kier molecular flexibility index (Phi) is 9.00. The minimum Gasteiger partial charge on any atom is -0.475 e. The maximum atomic E-state index is 12.6. The first-order chi connectivity index (χ1) is 16.0. The highest BCUT2D eigenvalue weighted by Crippen LogP contribution is 2.22. The van der Waals surface area contributed by atoms with E-state index >= 15 is 0 Å². The summed E-state index contributed by atoms with van der Waals surface area (Å²) in [6.45, 7) is 2.13. The Hall–Kier alpha value is -4.08. The molecule has 0 aliphatic carbocycles. The molecule has 7 nitrogen and oxygen atoms in total. The van der Waals surface area contributed by atoms with E-state index in [9.17, 15) is 18.0 Å². The third kappa shape index (κ3) is 7.51. The molecular weight excluding hydrogens is 451 g/mol. The number of nitrogens with two attached hydrogens (primary N) is 1. The summed E-state index contributed by atoms with van der Waals surface area (Å²) < 4.78 is 37.0. The van der Waals surface area contributed by atoms with Crippen molar-refractivity contribution in [1.82, 2.24) is 4.98 Å². The molecule has 0 aliphatic heterocycles. The van der Waals surface area contributed by atoms with Crippen molar-refractivity contribution in [2.45, 2.75) is 25.9 Å². The van der Waals surface area contributed by atoms with Gasteiger partial charge in [-0.3, -0.25) is 5.41 Å². The zero-order valence-corrected chi connectivity index (χ0v) is 18.3. The molecule has 0 spiro atoms. The van der Waals surface area contributed by atoms with Gasteiger partial charge in [0.1, 0.15) is 5.84 Å². The Bertz CT molecular complexity index is 1140. The van der Waals surface area contributed by atoms with Gasteiger partial charge in [-0.15, -0.1) is 0 Å². The Morgan fingerprint density at radius 1 is 1.06 bits per heavy atom. The van der Waals surface area contributed by atoms with E-state index in [0.717, 1.165) is 22.4 Å². The van der Waals surface area contributed by atoms with E-state index < -0.39 is 12.1 Å². The minimum absolute atomic E-state index is 0.0266. The van der Waals surface area contributed by atoms with Crippen LogP contribution in [0.5, 0.6) is 0 Å². The highest BCUT2D eigenvalue weighted by atomic mass is 19.4. The van der Waals surface area contributed by atoms with Crippen molar-refractivity contribution in [1.29, 1.82) is 5.41 Å². The molecular formula is C24H24F3N3O4. The van der Waals surface area contributed by atoms with Crippen LogP contribution in [0.2, 0.25) is 0 Å². The molecule has 34 heavy (non-hydrogen) atoms. The number of carboxylic acid groups (broad SMARTS) is 1. The molecule has 3 aromatic rings. The molecule has 0 atom stereocenters. The lowest BCUT2D eigenvalue weighted by atomic mass is 9.99. The van der Waals surface area contributed by atoms with Crippen LogP contribution < -0.4 is 5.73 Å². The van der Waals surface area contributed by atoms with Gasteiger partial charge in [0.15, 0.2) is 0 Å². The number of hydrogen-bond donors (Lipinski definition) is 4. The number of carbonyl (C=O) groups is 2. The molecule has 1 heterocycles. The number of amidine groups is 1. The molecule has 0 fully saturated rings. The van der Waals surface area contributed by atoms with Crippen LogP contribution in [0.25, 0.3) is 0 Å². The van der Waals surface area contributed by atoms with Crippen LogP contribution in [0.4, 0.5) is 13.2 Å². The second-order valence-corrected chi connectivity index (χ2v) is 7.14. The third-order valence-corrected chi connectivity index (χ3v) is 4.62. The number of halogens is 3. The number of rotatable bonds is 7. The Labute approximate surface area is 193 Å². The smallest absolute Gasteiger partial charge is 0.475 e. The van der Waals surface area contributed by atoms with Crippen LogP contribution in [0.15, 0.2) is 60.8 Å². The first kappa shape index (κ1) is 26.2. The quantitative estimate of drug-likeness (QED) is 0.230. The monoisotopic (exact) mass is 475 g/mol. The molecule has 0 aliphatic rings. The summed E-state index contributed by atoms with van der Waals surface area (Å²) in [6, 6.07) is 17.5. The average Bonchev–Trinajstić information content (AvgIpc) is 3.16. The molecule has 2 aromatic carbocycles. The number of nitrogen functional groups attached to an aromatic ring is 1. The number of H-pyrrole nitrogens is 1. The highest BCUT2D eigenvalue weighted by Gasteiger charge is 2.38. The number of alkyl halides is 3. The maximum Gasteiger partial charge on any atom is 0.490 e. The number of carbonyl (C=O) groups excluding carboxylic acids is 1. The third-order valence-electron chi connectivity index (χ3n) is 4.62. The molecule has 180 valence electrons. The summed E-state index contributed by atoms with van der Waals surface area (Å²) in [7, 11) is 0. The van der Waals surface area contributed by atoms with Gasteiger partial charge in [0, 0.05) is 23.9 Å². The second-order valence-electron chi connectivity index (χ2n) is 7.14. The molecule has 1 aromatic heterocycles. The van der Waals surface area contributed by atoms with Crippen LogP contribution in [-0.2, 0) is 22.4 Å². The van der Waals surface area contributed by atoms with Crippen molar-refractivity contribution < 1.29 is 32.6 Å². The Morgan fingerprint density at radius 3 is 2.24 bits per heavy atom. The van der Waals surface area contributed by atoms with E-state index in [4.69, 9.17) is 25.8 Å². The first-order valence-electron chi connectivity index (χ1n) is 10.2. The van der Waals surface area contributed by atoms with Gasteiger partial charge in [0.2, 0.25) is 0 Å². The van der Waals surface area contributed by atoms with Crippen LogP contribution in [0, 0.1) is 5.41 Å². The number of aromatic nitrogens is 1. The van der Waals surface area contributed by atoms with Crippen molar-refractivity contribution >= 4 is 17.8 Å². The van der Waals surface area contributed by atoms with E-state index in [2.05, 4.69) is 4.98 Å². The molecule has 0 saturated heterocycles. The number of carboxylic acids is 1. The number of ether oxygens (including phenoxy) is 1. The molecule has 0 bridgehead atoms. The molecule has 0 saturated carbocycles. The fourth-order valence-corrected chi connectivity index (χ4v) is 3.12. The van der Waals surface area contributed by atoms with Crippen LogP contribution >= 0.6 is 0 Å². The summed E-state index contributed by atoms with van der Waals surface area (Å²) in [5.41, 5.74) is 10.7. The fourth-order valence-electron chi connectivity index (χ4n) is 3.12. The minimum atomic E-state index is -5.08. The van der Waals surface area contributed by atoms with Crippen molar-refractivity contribution in [3.8, 4) is 0 Å². The van der Waals surface area contributed by atoms with Gasteiger partial charge < -0.3 is 20.6 Å². The van der Waals surface area contributed by atoms with Crippen LogP contribution in [0.1, 0.15) is 45.2 Å². The van der Waals surface area contributed by atoms with E-state index in [0.29, 0.717) is 30.6 Å². The van der Waals surface area contributed by atoms with E-state index in [-0.39, 0.29) is 11.8 Å². The number of hydrogen-bond acceptors (Lipinski definition) is 4. The van der Waals surface area contributed by atoms with Crippen molar-refractivity contribution in [3.05, 3.63) is 94.3 Å². The standard InChI is InChI=1S/C22H23N3O2.C2HF3O2/c1-2-27-22(26)20-18(11-15-7-4-3-5-8-15)14-25-19(20)13-16-9-6-10-17(12-16)21(23)24;3-2(4,5)1(6)7/h3-10,12,14,25H,2,11,13H2,1H3,(H3,23,24);(H,6,7). The maximum absolute atomic E-state index is 12.6. The summed E-state index contributed by atoms with van der Waals surface area (Å²) in [6.07, 6.45) is -2.02. The summed E-state index contributed by atoms with van der Waals surface area (Å²) >= 11 is 0. The first-order valence-corrected chi connectivity index (χ1v) is 10.2. The average molecular weight is 475 g/mol. The number of esters is 1. The molecule has 0 amide bonds. The SMILES string of the molecule is CCOC(=O)c1c(Cc2ccccc2)c[nH]c1Cc1cccc(C(=N)N)c1.O=C(O)C(F)(F)F. The zero-order chi connectivity index (χ0) is 25.3. The molecule has 0 radical (unpaired) electrons. The van der Waals surface area contributed by atoms with Gasteiger partial charge in [-0.2, -0.15) is 13.2 Å². The van der Waals surface area contributed by atoms with Gasteiger partial charge in [-0.25, -0.2) is 9.59 Å². The van der Waals surface area contributed by atoms with E-state index in [1.807, 2.05) is 54.7 Å². The van der Waals surface area contributed by atoms with Crippen molar-refractivity contribution in [3.63, 3.8) is 0 Å². The van der Waals surface area contributed by atoms with Gasteiger partial charge in [-0.05, 0) is 36.1 Å². The predicted molar refractivity (Wildman–Crippen MR) is 120 cm³/mol. The summed E-state index contributed by atoms with van der Waals surface area (Å²) in [5, 5.41) is 14.7. The molecule has 3 rings (SSSR count). The van der Waals surface area contributed by atoms with Gasteiger partial charge >= 0.3 is 18.1 Å². The Morgan fingerprint density at radius 2 is 1.68 bits per heavy atom. The van der Waals surface area contributed by atoms with Crippen LogP contribution in [-0.4, -0.2) is 40.6 Å². The normalized spacial score (nSPS) is 10.7. The van der Waals surface area contributed by atoms with E-state index in [1.54, 1.807) is 13.0 Å². The topological polar surface area (TPSA) is 129 Å². The molecule has 10 heteroatoms. The van der Waals surface area contributed by atoms with Gasteiger partial charge in [0.25, 0.3) is 0 Å². The summed E-state index contributed by atoms with van der Waals surface area (Å²) in [5.74, 6) is -3.05. The summed E-state index contributed by atoms with van der Waals surface area (Å²) in [4.78, 5) is 24.7. The fraction of sp³-hybridized carbons (Fsp3) is 0.208. The van der Waals surface area contributed by atoms with Crippen molar-refractivity contribution in [2.75, 3.05) is 6.61 Å². The van der Waals surface area contributed by atoms with Crippen LogP contribution in [0.3, 0.4) is 0 Å². The highest BCUT2D eigenvalue weighted by molar-refractivity contribution is 5.95. The van der Waals surface area contributed by atoms with Gasteiger partial charge in [0.05, 0.1) is 12.2 Å².